The number of rotatable bonds is 6. The van der Waals surface area contributed by atoms with Crippen LogP contribution in [0.2, 0.25) is 0 Å². The summed E-state index contributed by atoms with van der Waals surface area (Å²) >= 11 is 0. The third-order valence-electron chi connectivity index (χ3n) is 3.23. The van der Waals surface area contributed by atoms with Crippen LogP contribution in [0.4, 0.5) is 10.1 Å². The summed E-state index contributed by atoms with van der Waals surface area (Å²) in [5, 5.41) is 5.47. The number of likely N-dealkylation sites (N-methyl/N-ethyl adjacent to an activating group) is 1. The molecule has 0 unspecified atom stereocenters. The van der Waals surface area contributed by atoms with Gasteiger partial charge in [-0.2, -0.15) is 0 Å². The molecule has 2 N–H and O–H groups in total. The van der Waals surface area contributed by atoms with Gasteiger partial charge < -0.3 is 10.6 Å². The van der Waals surface area contributed by atoms with Crippen LogP contribution >= 0.6 is 0 Å². The summed E-state index contributed by atoms with van der Waals surface area (Å²) in [6, 6.07) is 4.86. The monoisotopic (exact) mass is 293 g/mol. The van der Waals surface area contributed by atoms with Crippen LogP contribution in [0.3, 0.4) is 0 Å². The molecule has 114 valence electrons. The molecule has 0 saturated heterocycles. The lowest BCUT2D eigenvalue weighted by Crippen LogP contribution is -2.39. The van der Waals surface area contributed by atoms with Crippen molar-refractivity contribution in [1.29, 1.82) is 0 Å². The molecule has 0 spiro atoms. The minimum Gasteiger partial charge on any atom is -0.352 e. The van der Waals surface area contributed by atoms with Crippen molar-refractivity contribution in [2.75, 3.05) is 25.5 Å². The second-order valence-electron chi connectivity index (χ2n) is 5.53. The molecule has 0 bridgehead atoms. The van der Waals surface area contributed by atoms with E-state index in [0.29, 0.717) is 17.3 Å². The average Bonchev–Trinajstić information content (AvgIpc) is 3.17. The van der Waals surface area contributed by atoms with Crippen LogP contribution in [-0.4, -0.2) is 42.9 Å². The molecule has 1 fully saturated rings. The van der Waals surface area contributed by atoms with Crippen LogP contribution in [0.25, 0.3) is 0 Å². The normalized spacial score (nSPS) is 14.1. The van der Waals surface area contributed by atoms with Crippen molar-refractivity contribution in [2.24, 2.45) is 0 Å². The molecule has 0 aromatic heterocycles. The van der Waals surface area contributed by atoms with Crippen LogP contribution in [0, 0.1) is 12.7 Å². The molecule has 1 aromatic rings. The summed E-state index contributed by atoms with van der Waals surface area (Å²) in [6.07, 6.45) is 2.07. The standard InChI is InChI=1S/C15H20FN3O2/c1-10-3-4-12(7-13(10)16)18-15(21)9-19(2)8-14(20)17-11-5-6-11/h3-4,7,11H,5-6,8-9H2,1-2H3,(H,17,20)(H,18,21). The summed E-state index contributed by atoms with van der Waals surface area (Å²) in [7, 11) is 1.70. The molecule has 5 nitrogen and oxygen atoms in total. The summed E-state index contributed by atoms with van der Waals surface area (Å²) < 4.78 is 13.4. The lowest BCUT2D eigenvalue weighted by atomic mass is 10.2. The number of anilines is 1. The van der Waals surface area contributed by atoms with Gasteiger partial charge in [0.25, 0.3) is 0 Å². The zero-order chi connectivity index (χ0) is 15.4. The van der Waals surface area contributed by atoms with E-state index in [9.17, 15) is 14.0 Å². The molecule has 6 heteroatoms. The van der Waals surface area contributed by atoms with Gasteiger partial charge in [0.05, 0.1) is 13.1 Å². The number of aryl methyl sites for hydroxylation is 1. The summed E-state index contributed by atoms with van der Waals surface area (Å²) in [5.74, 6) is -0.709. The number of amides is 2. The van der Waals surface area contributed by atoms with Gasteiger partial charge >= 0.3 is 0 Å². The topological polar surface area (TPSA) is 61.4 Å². The minimum absolute atomic E-state index is 0.0748. The maximum Gasteiger partial charge on any atom is 0.238 e. The van der Waals surface area contributed by atoms with Gasteiger partial charge in [-0.15, -0.1) is 0 Å². The Morgan fingerprint density at radius 1 is 1.29 bits per heavy atom. The molecule has 1 aliphatic carbocycles. The molecule has 1 saturated carbocycles. The van der Waals surface area contributed by atoms with Crippen molar-refractivity contribution in [1.82, 2.24) is 10.2 Å². The third-order valence-corrected chi connectivity index (χ3v) is 3.23. The first-order valence-electron chi connectivity index (χ1n) is 6.98. The molecule has 21 heavy (non-hydrogen) atoms. The van der Waals surface area contributed by atoms with Crippen molar-refractivity contribution in [3.63, 3.8) is 0 Å². The Kier molecular flexibility index (Phi) is 4.90. The zero-order valence-corrected chi connectivity index (χ0v) is 12.3. The number of carbonyl (C=O) groups is 2. The Morgan fingerprint density at radius 2 is 1.95 bits per heavy atom. The number of halogens is 1. The van der Waals surface area contributed by atoms with Crippen molar-refractivity contribution >= 4 is 17.5 Å². The Labute approximate surface area is 123 Å². The summed E-state index contributed by atoms with van der Waals surface area (Å²) in [4.78, 5) is 25.0. The quantitative estimate of drug-likeness (QED) is 0.830. The molecule has 1 aromatic carbocycles. The van der Waals surface area contributed by atoms with Gasteiger partial charge in [0.1, 0.15) is 5.82 Å². The molecule has 0 radical (unpaired) electrons. The SMILES string of the molecule is Cc1ccc(NC(=O)CN(C)CC(=O)NC2CC2)cc1F. The second-order valence-corrected chi connectivity index (χ2v) is 5.53. The van der Waals surface area contributed by atoms with Gasteiger partial charge in [-0.1, -0.05) is 6.07 Å². The summed E-state index contributed by atoms with van der Waals surface area (Å²) in [6.45, 7) is 1.91. The fourth-order valence-corrected chi connectivity index (χ4v) is 1.92. The van der Waals surface area contributed by atoms with E-state index >= 15 is 0 Å². The maximum absolute atomic E-state index is 13.4. The first-order valence-corrected chi connectivity index (χ1v) is 6.98. The Balaban J connectivity index is 1.77. The smallest absolute Gasteiger partial charge is 0.238 e. The molecule has 2 amide bonds. The first-order chi connectivity index (χ1) is 9.94. The molecule has 2 rings (SSSR count). The molecular weight excluding hydrogens is 273 g/mol. The number of nitrogens with zero attached hydrogens (tertiary/aromatic N) is 1. The van der Waals surface area contributed by atoms with E-state index in [-0.39, 0.29) is 30.7 Å². The molecular formula is C15H20FN3O2. The highest BCUT2D eigenvalue weighted by molar-refractivity contribution is 5.92. The minimum atomic E-state index is -0.357. The van der Waals surface area contributed by atoms with Gasteiger partial charge in [-0.3, -0.25) is 14.5 Å². The van der Waals surface area contributed by atoms with Crippen molar-refractivity contribution in [2.45, 2.75) is 25.8 Å². The van der Waals surface area contributed by atoms with E-state index in [2.05, 4.69) is 10.6 Å². The van der Waals surface area contributed by atoms with E-state index in [1.807, 2.05) is 0 Å². The predicted octanol–water partition coefficient (Wildman–Crippen LogP) is 1.28. The van der Waals surface area contributed by atoms with Crippen LogP contribution in [0.5, 0.6) is 0 Å². The Morgan fingerprint density at radius 3 is 2.57 bits per heavy atom. The fraction of sp³-hybridized carbons (Fsp3) is 0.467. The van der Waals surface area contributed by atoms with Crippen LogP contribution in [-0.2, 0) is 9.59 Å². The van der Waals surface area contributed by atoms with E-state index < -0.39 is 0 Å². The third kappa shape index (κ3) is 5.15. The largest absolute Gasteiger partial charge is 0.352 e. The maximum atomic E-state index is 13.4. The average molecular weight is 293 g/mol. The number of carbonyl (C=O) groups excluding carboxylic acids is 2. The van der Waals surface area contributed by atoms with Crippen LogP contribution in [0.15, 0.2) is 18.2 Å². The first kappa shape index (κ1) is 15.4. The Hall–Kier alpha value is -1.95. The Bertz CT molecular complexity index is 544. The van der Waals surface area contributed by atoms with Crippen molar-refractivity contribution in [3.05, 3.63) is 29.6 Å². The second kappa shape index (κ2) is 6.67. The van der Waals surface area contributed by atoms with E-state index in [0.717, 1.165) is 12.8 Å². The van der Waals surface area contributed by atoms with Gasteiger partial charge in [0, 0.05) is 11.7 Å². The van der Waals surface area contributed by atoms with Crippen LogP contribution in [0.1, 0.15) is 18.4 Å². The van der Waals surface area contributed by atoms with Crippen molar-refractivity contribution in [3.8, 4) is 0 Å². The van der Waals surface area contributed by atoms with Gasteiger partial charge in [-0.25, -0.2) is 4.39 Å². The van der Waals surface area contributed by atoms with Crippen molar-refractivity contribution < 1.29 is 14.0 Å². The van der Waals surface area contributed by atoms with E-state index in [4.69, 9.17) is 0 Å². The van der Waals surface area contributed by atoms with E-state index in [1.54, 1.807) is 31.0 Å². The number of hydrogen-bond donors (Lipinski definition) is 2. The van der Waals surface area contributed by atoms with Gasteiger partial charge in [0.15, 0.2) is 0 Å². The van der Waals surface area contributed by atoms with Gasteiger partial charge in [-0.05, 0) is 44.5 Å². The summed E-state index contributed by atoms with van der Waals surface area (Å²) in [5.41, 5.74) is 0.945. The number of nitrogens with one attached hydrogen (secondary N) is 2. The lowest BCUT2D eigenvalue weighted by Gasteiger charge is -2.16. The molecule has 1 aliphatic rings. The highest BCUT2D eigenvalue weighted by Crippen LogP contribution is 2.18. The van der Waals surface area contributed by atoms with E-state index in [1.165, 1.54) is 6.07 Å². The zero-order valence-electron chi connectivity index (χ0n) is 12.3. The van der Waals surface area contributed by atoms with Crippen LogP contribution < -0.4 is 10.6 Å². The molecule has 0 aliphatic heterocycles. The fourth-order valence-electron chi connectivity index (χ4n) is 1.92. The number of hydrogen-bond acceptors (Lipinski definition) is 3. The predicted molar refractivity (Wildman–Crippen MR) is 78.4 cm³/mol. The van der Waals surface area contributed by atoms with Gasteiger partial charge in [0.2, 0.25) is 11.8 Å². The lowest BCUT2D eigenvalue weighted by molar-refractivity contribution is -0.123. The molecule has 0 heterocycles. The highest BCUT2D eigenvalue weighted by atomic mass is 19.1. The number of benzene rings is 1. The molecule has 0 atom stereocenters. The highest BCUT2D eigenvalue weighted by Gasteiger charge is 2.23.